The van der Waals surface area contributed by atoms with Crippen molar-refractivity contribution in [2.24, 2.45) is 0 Å². The molecule has 1 aromatic rings. The van der Waals surface area contributed by atoms with Gasteiger partial charge in [0.05, 0.1) is 17.2 Å². The molecule has 16 heavy (non-hydrogen) atoms. The van der Waals surface area contributed by atoms with Crippen molar-refractivity contribution in [1.29, 1.82) is 0 Å². The average Bonchev–Trinajstić information content (AvgIpc) is 2.31. The van der Waals surface area contributed by atoms with Crippen LogP contribution in [0.25, 0.3) is 0 Å². The van der Waals surface area contributed by atoms with Gasteiger partial charge < -0.3 is 5.11 Å². The predicted octanol–water partition coefficient (Wildman–Crippen LogP) is 2.47. The summed E-state index contributed by atoms with van der Waals surface area (Å²) in [5.74, 6) is -0.271. The Morgan fingerprint density at radius 2 is 1.75 bits per heavy atom. The summed E-state index contributed by atoms with van der Waals surface area (Å²) in [4.78, 5) is 11.1. The first-order valence-corrected chi connectivity index (χ1v) is 6.64. The smallest absolute Gasteiger partial charge is 0.307 e. The van der Waals surface area contributed by atoms with Crippen molar-refractivity contribution in [3.63, 3.8) is 0 Å². The third-order valence-electron chi connectivity index (χ3n) is 1.80. The Hall–Kier alpha value is -1.16. The van der Waals surface area contributed by atoms with Gasteiger partial charge in [0.15, 0.2) is 0 Å². The minimum atomic E-state index is -0.959. The van der Waals surface area contributed by atoms with Crippen LogP contribution in [0.1, 0.15) is 26.3 Å². The molecule has 1 rings (SSSR count). The maximum atomic E-state index is 11.3. The van der Waals surface area contributed by atoms with Gasteiger partial charge in [-0.25, -0.2) is 0 Å². The van der Waals surface area contributed by atoms with Gasteiger partial charge in [-0.05, 0) is 17.7 Å². The lowest BCUT2D eigenvalue weighted by Gasteiger charge is -2.00. The summed E-state index contributed by atoms with van der Waals surface area (Å²) in [6.45, 7) is 5.85. The normalized spacial score (nSPS) is 11.2. The highest BCUT2D eigenvalue weighted by molar-refractivity contribution is 7.85. The van der Waals surface area contributed by atoms with E-state index in [0.717, 1.165) is 10.5 Å². The van der Waals surface area contributed by atoms with Crippen LogP contribution in [0.3, 0.4) is 0 Å². The SMILES string of the molecule is CC.CCS(=O)c1ccc(CC(=O)O)cc1. The minimum Gasteiger partial charge on any atom is -0.481 e. The molecule has 1 atom stereocenters. The fraction of sp³-hybridized carbons (Fsp3) is 0.417. The van der Waals surface area contributed by atoms with Crippen LogP contribution in [0.4, 0.5) is 0 Å². The molecule has 0 saturated heterocycles. The predicted molar refractivity (Wildman–Crippen MR) is 66.1 cm³/mol. The first kappa shape index (κ1) is 14.8. The quantitative estimate of drug-likeness (QED) is 0.882. The van der Waals surface area contributed by atoms with E-state index in [2.05, 4.69) is 0 Å². The monoisotopic (exact) mass is 242 g/mol. The molecule has 0 bridgehead atoms. The summed E-state index contributed by atoms with van der Waals surface area (Å²) in [7, 11) is -0.959. The van der Waals surface area contributed by atoms with E-state index in [0.29, 0.717) is 5.75 Å². The van der Waals surface area contributed by atoms with Gasteiger partial charge in [0.1, 0.15) is 0 Å². The van der Waals surface area contributed by atoms with Gasteiger partial charge in [0.2, 0.25) is 0 Å². The van der Waals surface area contributed by atoms with Gasteiger partial charge in [0, 0.05) is 10.6 Å². The van der Waals surface area contributed by atoms with E-state index in [1.54, 1.807) is 24.3 Å². The number of carboxylic acid groups (broad SMARTS) is 1. The molecule has 4 heteroatoms. The van der Waals surface area contributed by atoms with E-state index in [9.17, 15) is 9.00 Å². The van der Waals surface area contributed by atoms with Crippen LogP contribution < -0.4 is 0 Å². The maximum Gasteiger partial charge on any atom is 0.307 e. The number of aliphatic carboxylic acids is 1. The third-order valence-corrected chi connectivity index (χ3v) is 3.13. The molecule has 1 aromatic carbocycles. The number of hydrogen-bond acceptors (Lipinski definition) is 2. The van der Waals surface area contributed by atoms with Gasteiger partial charge in [-0.15, -0.1) is 0 Å². The Kier molecular flexibility index (Phi) is 7.46. The molecule has 0 radical (unpaired) electrons. The Labute approximate surface area is 99.0 Å². The Balaban J connectivity index is 0.00000106. The summed E-state index contributed by atoms with van der Waals surface area (Å²) in [5, 5.41) is 8.53. The zero-order valence-electron chi connectivity index (χ0n) is 9.90. The van der Waals surface area contributed by atoms with Gasteiger partial charge in [-0.2, -0.15) is 0 Å². The van der Waals surface area contributed by atoms with Crippen LogP contribution >= 0.6 is 0 Å². The fourth-order valence-electron chi connectivity index (χ4n) is 1.10. The van der Waals surface area contributed by atoms with Gasteiger partial charge >= 0.3 is 5.97 Å². The van der Waals surface area contributed by atoms with E-state index >= 15 is 0 Å². The van der Waals surface area contributed by atoms with E-state index in [-0.39, 0.29) is 6.42 Å². The number of hydrogen-bond donors (Lipinski definition) is 1. The second kappa shape index (κ2) is 8.05. The summed E-state index contributed by atoms with van der Waals surface area (Å²) in [5.41, 5.74) is 0.731. The molecule has 1 N–H and O–H groups in total. The molecule has 1 unspecified atom stereocenters. The lowest BCUT2D eigenvalue weighted by atomic mass is 10.2. The molecule has 0 aliphatic carbocycles. The lowest BCUT2D eigenvalue weighted by Crippen LogP contribution is -2.00. The summed E-state index contributed by atoms with van der Waals surface area (Å²) >= 11 is 0. The summed E-state index contributed by atoms with van der Waals surface area (Å²) in [6.07, 6.45) is 0.0129. The molecule has 0 saturated carbocycles. The highest BCUT2D eigenvalue weighted by atomic mass is 32.2. The topological polar surface area (TPSA) is 54.4 Å². The van der Waals surface area contributed by atoms with Crippen molar-refractivity contribution in [3.8, 4) is 0 Å². The van der Waals surface area contributed by atoms with E-state index in [1.807, 2.05) is 20.8 Å². The number of carboxylic acids is 1. The average molecular weight is 242 g/mol. The fourth-order valence-corrected chi connectivity index (χ4v) is 1.87. The first-order chi connectivity index (χ1) is 7.63. The second-order valence-electron chi connectivity index (χ2n) is 2.85. The Morgan fingerprint density at radius 1 is 1.25 bits per heavy atom. The molecule has 90 valence electrons. The van der Waals surface area contributed by atoms with Crippen molar-refractivity contribution in [3.05, 3.63) is 29.8 Å². The summed E-state index contributed by atoms with van der Waals surface area (Å²) < 4.78 is 11.3. The lowest BCUT2D eigenvalue weighted by molar-refractivity contribution is -0.136. The highest BCUT2D eigenvalue weighted by Crippen LogP contribution is 2.09. The van der Waals surface area contributed by atoms with Gasteiger partial charge in [-0.3, -0.25) is 9.00 Å². The van der Waals surface area contributed by atoms with Gasteiger partial charge in [-0.1, -0.05) is 32.9 Å². The molecular weight excluding hydrogens is 224 g/mol. The van der Waals surface area contributed by atoms with Crippen LogP contribution in [0.15, 0.2) is 29.2 Å². The summed E-state index contributed by atoms with van der Waals surface area (Å²) in [6, 6.07) is 6.85. The maximum absolute atomic E-state index is 11.3. The zero-order valence-corrected chi connectivity index (χ0v) is 10.7. The Morgan fingerprint density at radius 3 is 2.12 bits per heavy atom. The van der Waals surface area contributed by atoms with Crippen molar-refractivity contribution in [2.45, 2.75) is 32.1 Å². The van der Waals surface area contributed by atoms with Crippen molar-refractivity contribution < 1.29 is 14.1 Å². The van der Waals surface area contributed by atoms with Crippen molar-refractivity contribution in [2.75, 3.05) is 5.75 Å². The minimum absolute atomic E-state index is 0.0129. The molecule has 0 amide bonds. The molecular formula is C12H18O3S. The molecule has 0 aliphatic rings. The number of benzene rings is 1. The second-order valence-corrected chi connectivity index (χ2v) is 4.59. The Bertz CT molecular complexity index is 344. The van der Waals surface area contributed by atoms with Crippen molar-refractivity contribution >= 4 is 16.8 Å². The zero-order chi connectivity index (χ0) is 12.6. The molecule has 3 nitrogen and oxygen atoms in total. The third kappa shape index (κ3) is 5.07. The van der Waals surface area contributed by atoms with E-state index in [1.165, 1.54) is 0 Å². The number of carbonyl (C=O) groups is 1. The largest absolute Gasteiger partial charge is 0.481 e. The highest BCUT2D eigenvalue weighted by Gasteiger charge is 2.03. The van der Waals surface area contributed by atoms with E-state index < -0.39 is 16.8 Å². The molecule has 0 aromatic heterocycles. The molecule has 0 heterocycles. The van der Waals surface area contributed by atoms with Crippen molar-refractivity contribution in [1.82, 2.24) is 0 Å². The molecule has 0 spiro atoms. The standard InChI is InChI=1S/C10H12O3S.C2H6/c1-2-14(13)9-5-3-8(4-6-9)7-10(11)12;1-2/h3-6H,2,7H2,1H3,(H,11,12);1-2H3. The van der Waals surface area contributed by atoms with E-state index in [4.69, 9.17) is 5.11 Å². The molecule has 0 fully saturated rings. The molecule has 0 aliphatic heterocycles. The van der Waals surface area contributed by atoms with Crippen LogP contribution in [0.2, 0.25) is 0 Å². The van der Waals surface area contributed by atoms with Crippen LogP contribution in [0.5, 0.6) is 0 Å². The van der Waals surface area contributed by atoms with Crippen LogP contribution in [0, 0.1) is 0 Å². The van der Waals surface area contributed by atoms with Gasteiger partial charge in [0.25, 0.3) is 0 Å². The number of rotatable bonds is 4. The van der Waals surface area contributed by atoms with Crippen LogP contribution in [-0.2, 0) is 22.0 Å². The first-order valence-electron chi connectivity index (χ1n) is 5.32. The van der Waals surface area contributed by atoms with Crippen LogP contribution in [-0.4, -0.2) is 21.0 Å².